The zero-order valence-electron chi connectivity index (χ0n) is 39.1. The van der Waals surface area contributed by atoms with Crippen molar-refractivity contribution < 1.29 is 13.7 Å². The molecule has 0 bridgehead atoms. The molecule has 0 radical (unpaired) electrons. The van der Waals surface area contributed by atoms with Crippen LogP contribution >= 0.6 is 11.3 Å². The molecule has 0 saturated carbocycles. The van der Waals surface area contributed by atoms with Crippen LogP contribution in [0.25, 0.3) is 105 Å². The molecule has 7 heteroatoms. The molecular formula is C49H30N6S. The molecule has 56 heavy (non-hydrogen) atoms. The first-order valence-electron chi connectivity index (χ1n) is 22.7. The lowest BCUT2D eigenvalue weighted by molar-refractivity contribution is 1.06. The Morgan fingerprint density at radius 3 is 1.73 bits per heavy atom. The summed E-state index contributed by atoms with van der Waals surface area (Å²) < 4.78 is 90.0. The Bertz CT molecular complexity index is 3750. The van der Waals surface area contributed by atoms with Crippen molar-refractivity contribution in [3.8, 4) is 62.5 Å². The van der Waals surface area contributed by atoms with Gasteiger partial charge in [0.1, 0.15) is 0 Å². The third kappa shape index (κ3) is 5.36. The molecule has 0 amide bonds. The van der Waals surface area contributed by atoms with E-state index in [4.69, 9.17) is 38.6 Å². The lowest BCUT2D eigenvalue weighted by Gasteiger charge is -2.16. The number of benzene rings is 7. The zero-order valence-corrected chi connectivity index (χ0v) is 30.0. The first-order valence-corrected chi connectivity index (χ1v) is 18.5. The molecule has 0 saturated heterocycles. The lowest BCUT2D eigenvalue weighted by Crippen LogP contribution is -2.04. The molecule has 0 atom stereocenters. The van der Waals surface area contributed by atoms with Crippen LogP contribution in [-0.4, -0.2) is 29.5 Å². The molecule has 0 fully saturated rings. The number of hydrogen-bond acceptors (Lipinski definition) is 6. The summed E-state index contributed by atoms with van der Waals surface area (Å²) in [5.74, 6) is 0.343. The number of thiophene rings is 1. The smallest absolute Gasteiger partial charge is 0.166 e. The van der Waals surface area contributed by atoms with Crippen LogP contribution < -0.4 is 0 Å². The van der Waals surface area contributed by atoms with Gasteiger partial charge in [-0.25, -0.2) is 24.9 Å². The van der Waals surface area contributed by atoms with Gasteiger partial charge >= 0.3 is 0 Å². The molecule has 0 aliphatic carbocycles. The molecule has 262 valence electrons. The SMILES string of the molecule is [2H]c1c([2H])c([2H])c(-c2nc(-c3ccccc3)nc(-c3cc(-c4nc(-c5c([2H])c([2H])c([2H])c([2H])c5[2H])c5sc6ccccc6c5n4)ccc3-n3c4ccccc4c4ccccc43)n2)c([2H])c1[2H]. The number of hydrogen-bond donors (Lipinski definition) is 0. The van der Waals surface area contributed by atoms with Crippen LogP contribution in [0.4, 0.5) is 0 Å². The second-order valence-corrected chi connectivity index (χ2v) is 14.0. The quantitative estimate of drug-likeness (QED) is 0.170. The highest BCUT2D eigenvalue weighted by Crippen LogP contribution is 2.41. The largest absolute Gasteiger partial charge is 0.309 e. The molecule has 4 heterocycles. The minimum atomic E-state index is -0.550. The van der Waals surface area contributed by atoms with Gasteiger partial charge in [0.05, 0.1) is 46.3 Å². The second-order valence-electron chi connectivity index (χ2n) is 12.9. The maximum Gasteiger partial charge on any atom is 0.166 e. The molecule has 0 N–H and O–H groups in total. The fraction of sp³-hybridized carbons (Fsp3) is 0. The van der Waals surface area contributed by atoms with Crippen LogP contribution in [-0.2, 0) is 0 Å². The maximum atomic E-state index is 8.98. The van der Waals surface area contributed by atoms with Crippen molar-refractivity contribution >= 4 is 53.4 Å². The van der Waals surface area contributed by atoms with E-state index in [0.29, 0.717) is 32.6 Å². The summed E-state index contributed by atoms with van der Waals surface area (Å²) >= 11 is 1.37. The van der Waals surface area contributed by atoms with Gasteiger partial charge in [-0.15, -0.1) is 11.3 Å². The van der Waals surface area contributed by atoms with Gasteiger partial charge in [0, 0.05) is 48.7 Å². The molecular weight excluding hydrogens is 705 g/mol. The Morgan fingerprint density at radius 2 is 1.02 bits per heavy atom. The Balaban J connectivity index is 1.26. The van der Waals surface area contributed by atoms with E-state index in [-0.39, 0.29) is 40.1 Å². The second kappa shape index (κ2) is 13.2. The van der Waals surface area contributed by atoms with Gasteiger partial charge in [-0.1, -0.05) is 145 Å². The van der Waals surface area contributed by atoms with E-state index in [2.05, 4.69) is 4.57 Å². The van der Waals surface area contributed by atoms with Crippen molar-refractivity contribution in [3.05, 3.63) is 182 Å². The topological polar surface area (TPSA) is 69.4 Å². The molecule has 0 spiro atoms. The first-order chi connectivity index (χ1) is 31.9. The summed E-state index contributed by atoms with van der Waals surface area (Å²) in [6.45, 7) is 0. The monoisotopic (exact) mass is 744 g/mol. The summed E-state index contributed by atoms with van der Waals surface area (Å²) in [6, 6.07) is 33.4. The highest BCUT2D eigenvalue weighted by atomic mass is 32.1. The standard InChI is InChI=1S/C49H30N6S/c1-4-16-31(17-5-1)43-45-44(37-24-12-15-27-42(37)56-45)51-48(50-43)34-28-29-41(55-39-25-13-10-22-35(39)36-23-11-14-26-40(36)55)38(30-34)49-53-46(32-18-6-2-7-19-32)52-47(54-49)33-20-8-3-9-21-33/h1-30H/i1D,2D,4D,5D,6D,7D,16D,17D,18D,19D. The molecule has 6 nitrogen and oxygen atoms in total. The molecule has 0 aliphatic rings. The van der Waals surface area contributed by atoms with E-state index in [1.807, 2.05) is 121 Å². The Labute approximate surface area is 340 Å². The Kier molecular flexibility index (Phi) is 5.52. The fourth-order valence-corrected chi connectivity index (χ4v) is 8.31. The Morgan fingerprint density at radius 1 is 0.446 bits per heavy atom. The van der Waals surface area contributed by atoms with Crippen molar-refractivity contribution in [2.24, 2.45) is 0 Å². The van der Waals surface area contributed by atoms with Gasteiger partial charge in [0.2, 0.25) is 0 Å². The predicted octanol–water partition coefficient (Wildman–Crippen LogP) is 12.5. The van der Waals surface area contributed by atoms with Gasteiger partial charge in [-0.3, -0.25) is 0 Å². The van der Waals surface area contributed by atoms with E-state index in [1.165, 1.54) is 11.3 Å². The van der Waals surface area contributed by atoms with Crippen molar-refractivity contribution in [2.75, 3.05) is 0 Å². The van der Waals surface area contributed by atoms with Gasteiger partial charge in [-0.2, -0.15) is 0 Å². The van der Waals surface area contributed by atoms with Crippen LogP contribution in [0.3, 0.4) is 0 Å². The van der Waals surface area contributed by atoms with Crippen molar-refractivity contribution in [3.63, 3.8) is 0 Å². The lowest BCUT2D eigenvalue weighted by atomic mass is 10.0. The molecule has 4 aromatic heterocycles. The highest BCUT2D eigenvalue weighted by Gasteiger charge is 2.22. The minimum absolute atomic E-state index is 0.0587. The van der Waals surface area contributed by atoms with E-state index in [1.54, 1.807) is 0 Å². The number of rotatable bonds is 6. The van der Waals surface area contributed by atoms with Gasteiger partial charge < -0.3 is 4.57 Å². The molecule has 0 aliphatic heterocycles. The number of fused-ring (bicyclic) bond motifs is 6. The summed E-state index contributed by atoms with van der Waals surface area (Å²) in [6.07, 6.45) is 0. The predicted molar refractivity (Wildman–Crippen MR) is 230 cm³/mol. The van der Waals surface area contributed by atoms with Crippen molar-refractivity contribution in [1.82, 2.24) is 29.5 Å². The average molecular weight is 745 g/mol. The number of nitrogens with zero attached hydrogens (tertiary/aromatic N) is 6. The van der Waals surface area contributed by atoms with Gasteiger partial charge in [0.25, 0.3) is 0 Å². The third-order valence-corrected chi connectivity index (χ3v) is 10.8. The maximum absolute atomic E-state index is 8.98. The van der Waals surface area contributed by atoms with Crippen molar-refractivity contribution in [2.45, 2.75) is 0 Å². The van der Waals surface area contributed by atoms with Crippen LogP contribution in [0.5, 0.6) is 0 Å². The van der Waals surface area contributed by atoms with Crippen LogP contribution in [0.15, 0.2) is 182 Å². The summed E-state index contributed by atoms with van der Waals surface area (Å²) in [4.78, 5) is 24.9. The first kappa shape index (κ1) is 23.4. The average Bonchev–Trinajstić information content (AvgIpc) is 3.90. The summed E-state index contributed by atoms with van der Waals surface area (Å²) in [5.41, 5.74) is 4.33. The van der Waals surface area contributed by atoms with Crippen molar-refractivity contribution in [1.29, 1.82) is 0 Å². The highest BCUT2D eigenvalue weighted by molar-refractivity contribution is 7.26. The fourth-order valence-electron chi connectivity index (χ4n) is 7.18. The zero-order chi connectivity index (χ0) is 45.7. The van der Waals surface area contributed by atoms with E-state index >= 15 is 0 Å². The van der Waals surface area contributed by atoms with Gasteiger partial charge in [-0.05, 0) is 36.4 Å². The van der Waals surface area contributed by atoms with E-state index < -0.39 is 60.4 Å². The Hall–Kier alpha value is -7.35. The third-order valence-electron chi connectivity index (χ3n) is 9.66. The normalized spacial score (nSPS) is 14.1. The molecule has 11 aromatic rings. The van der Waals surface area contributed by atoms with E-state index in [9.17, 15) is 0 Å². The molecule has 7 aromatic carbocycles. The summed E-state index contributed by atoms with van der Waals surface area (Å²) in [7, 11) is 0. The molecule has 11 rings (SSSR count). The van der Waals surface area contributed by atoms with Crippen LogP contribution in [0.2, 0.25) is 0 Å². The number of aromatic nitrogens is 6. The van der Waals surface area contributed by atoms with Crippen LogP contribution in [0.1, 0.15) is 13.7 Å². The van der Waals surface area contributed by atoms with Gasteiger partial charge in [0.15, 0.2) is 23.3 Å². The van der Waals surface area contributed by atoms with E-state index in [0.717, 1.165) is 31.9 Å². The van der Waals surface area contributed by atoms with Crippen LogP contribution in [0, 0.1) is 0 Å². The summed E-state index contributed by atoms with van der Waals surface area (Å²) in [5, 5.41) is 2.78. The number of para-hydroxylation sites is 2. The molecule has 0 unspecified atom stereocenters. The minimum Gasteiger partial charge on any atom is -0.309 e.